The molecule has 5 heteroatoms. The molecule has 1 fully saturated rings. The lowest BCUT2D eigenvalue weighted by molar-refractivity contribution is 0.0925. The molecule has 2 N–H and O–H groups in total. The summed E-state index contributed by atoms with van der Waals surface area (Å²) in [7, 11) is 0. The highest BCUT2D eigenvalue weighted by molar-refractivity contribution is 5.96. The maximum atomic E-state index is 12.6. The van der Waals surface area contributed by atoms with Crippen molar-refractivity contribution in [1.29, 1.82) is 0 Å². The second-order valence-electron chi connectivity index (χ2n) is 8.69. The summed E-state index contributed by atoms with van der Waals surface area (Å²) < 4.78 is 5.94. The van der Waals surface area contributed by atoms with E-state index < -0.39 is 6.10 Å². The van der Waals surface area contributed by atoms with Crippen molar-refractivity contribution in [2.75, 3.05) is 13.1 Å². The van der Waals surface area contributed by atoms with Crippen LogP contribution in [0.15, 0.2) is 42.6 Å². The molecule has 1 saturated heterocycles. The molecule has 2 aromatic rings. The fraction of sp³-hybridized carbons (Fsp3) is 0.520. The van der Waals surface area contributed by atoms with Crippen LogP contribution in [-0.4, -0.2) is 41.2 Å². The lowest BCUT2D eigenvalue weighted by atomic mass is 9.95. The SMILES string of the molecule is O=C(CCC(O)CCC1Cc2ccccc2C1)c1ccnc(OC2CCNCC2)c1. The van der Waals surface area contributed by atoms with Gasteiger partial charge in [0.1, 0.15) is 6.10 Å². The molecule has 1 aliphatic heterocycles. The van der Waals surface area contributed by atoms with Crippen LogP contribution in [0.2, 0.25) is 0 Å². The van der Waals surface area contributed by atoms with Gasteiger partial charge in [0.25, 0.3) is 0 Å². The number of aromatic nitrogens is 1. The van der Waals surface area contributed by atoms with E-state index in [4.69, 9.17) is 4.74 Å². The van der Waals surface area contributed by atoms with Gasteiger partial charge in [-0.1, -0.05) is 24.3 Å². The molecule has 30 heavy (non-hydrogen) atoms. The van der Waals surface area contributed by atoms with Crippen LogP contribution < -0.4 is 10.1 Å². The number of hydrogen-bond acceptors (Lipinski definition) is 5. The van der Waals surface area contributed by atoms with Gasteiger partial charge in [-0.05, 0) is 81.1 Å². The number of aliphatic hydroxyl groups excluding tert-OH is 1. The van der Waals surface area contributed by atoms with Crippen molar-refractivity contribution in [2.24, 2.45) is 5.92 Å². The van der Waals surface area contributed by atoms with Crippen molar-refractivity contribution < 1.29 is 14.6 Å². The highest BCUT2D eigenvalue weighted by atomic mass is 16.5. The summed E-state index contributed by atoms with van der Waals surface area (Å²) in [6.45, 7) is 1.91. The predicted octanol–water partition coefficient (Wildman–Crippen LogP) is 3.73. The van der Waals surface area contributed by atoms with Gasteiger partial charge in [0.15, 0.2) is 5.78 Å². The topological polar surface area (TPSA) is 71.5 Å². The van der Waals surface area contributed by atoms with E-state index in [1.807, 2.05) is 0 Å². The quantitative estimate of drug-likeness (QED) is 0.619. The van der Waals surface area contributed by atoms with Crippen molar-refractivity contribution in [3.63, 3.8) is 0 Å². The molecule has 1 aromatic heterocycles. The Kier molecular flexibility index (Phi) is 7.13. The van der Waals surface area contributed by atoms with Crippen LogP contribution >= 0.6 is 0 Å². The monoisotopic (exact) mass is 408 g/mol. The first-order chi connectivity index (χ1) is 14.7. The van der Waals surface area contributed by atoms with Crippen molar-refractivity contribution in [3.8, 4) is 5.88 Å². The number of hydrogen-bond donors (Lipinski definition) is 2. The largest absolute Gasteiger partial charge is 0.474 e. The molecule has 0 spiro atoms. The van der Waals surface area contributed by atoms with E-state index in [-0.39, 0.29) is 11.9 Å². The first-order valence-corrected chi connectivity index (χ1v) is 11.3. The number of nitrogens with zero attached hydrogens (tertiary/aromatic N) is 1. The summed E-state index contributed by atoms with van der Waals surface area (Å²) >= 11 is 0. The smallest absolute Gasteiger partial charge is 0.214 e. The molecule has 1 aromatic carbocycles. The van der Waals surface area contributed by atoms with Gasteiger partial charge >= 0.3 is 0 Å². The molecule has 1 atom stereocenters. The van der Waals surface area contributed by atoms with Gasteiger partial charge in [0.2, 0.25) is 5.88 Å². The second kappa shape index (κ2) is 10.2. The fourth-order valence-corrected chi connectivity index (χ4v) is 4.60. The predicted molar refractivity (Wildman–Crippen MR) is 117 cm³/mol. The number of pyridine rings is 1. The van der Waals surface area contributed by atoms with Gasteiger partial charge in [-0.15, -0.1) is 0 Å². The van der Waals surface area contributed by atoms with Crippen LogP contribution in [0.5, 0.6) is 5.88 Å². The third kappa shape index (κ3) is 5.67. The zero-order chi connectivity index (χ0) is 20.8. The van der Waals surface area contributed by atoms with E-state index in [1.165, 1.54) is 11.1 Å². The van der Waals surface area contributed by atoms with Crippen LogP contribution in [0.25, 0.3) is 0 Å². The molecule has 0 saturated carbocycles. The molecule has 1 unspecified atom stereocenters. The number of aliphatic hydroxyl groups is 1. The molecule has 160 valence electrons. The molecule has 0 radical (unpaired) electrons. The number of benzene rings is 1. The summed E-state index contributed by atoms with van der Waals surface area (Å²) in [4.78, 5) is 16.9. The van der Waals surface area contributed by atoms with E-state index in [0.717, 1.165) is 51.6 Å². The highest BCUT2D eigenvalue weighted by Crippen LogP contribution is 2.30. The molecule has 4 rings (SSSR count). The van der Waals surface area contributed by atoms with Crippen molar-refractivity contribution >= 4 is 5.78 Å². The molecule has 2 aliphatic rings. The standard InChI is InChI=1S/C25H32N2O3/c28-22(6-5-18-15-19-3-1-2-4-20(19)16-18)7-8-24(29)21-9-14-27-25(17-21)30-23-10-12-26-13-11-23/h1-4,9,14,17-18,22-23,26,28H,5-8,10-13,15-16H2. The van der Waals surface area contributed by atoms with E-state index in [9.17, 15) is 9.90 Å². The van der Waals surface area contributed by atoms with Gasteiger partial charge in [-0.25, -0.2) is 4.98 Å². The number of ketones is 1. The van der Waals surface area contributed by atoms with Crippen LogP contribution in [0.4, 0.5) is 0 Å². The minimum atomic E-state index is -0.426. The number of ether oxygens (including phenoxy) is 1. The molecule has 1 aliphatic carbocycles. The average molecular weight is 409 g/mol. The summed E-state index contributed by atoms with van der Waals surface area (Å²) in [5.41, 5.74) is 3.52. The summed E-state index contributed by atoms with van der Waals surface area (Å²) in [6, 6.07) is 12.1. The third-order valence-electron chi connectivity index (χ3n) is 6.38. The Balaban J connectivity index is 1.20. The third-order valence-corrected chi connectivity index (χ3v) is 6.38. The molecule has 0 amide bonds. The Morgan fingerprint density at radius 2 is 1.87 bits per heavy atom. The van der Waals surface area contributed by atoms with Crippen molar-refractivity contribution in [2.45, 2.75) is 63.6 Å². The van der Waals surface area contributed by atoms with Crippen LogP contribution in [0.3, 0.4) is 0 Å². The Morgan fingerprint density at radius 3 is 2.60 bits per heavy atom. The van der Waals surface area contributed by atoms with Crippen molar-refractivity contribution in [3.05, 3.63) is 59.3 Å². The van der Waals surface area contributed by atoms with E-state index in [2.05, 4.69) is 34.6 Å². The normalized spacial score (nSPS) is 18.2. The van der Waals surface area contributed by atoms with Crippen molar-refractivity contribution in [1.82, 2.24) is 10.3 Å². The van der Waals surface area contributed by atoms with Crippen LogP contribution in [-0.2, 0) is 12.8 Å². The van der Waals surface area contributed by atoms with Gasteiger partial charge in [-0.3, -0.25) is 4.79 Å². The number of fused-ring (bicyclic) bond motifs is 1. The van der Waals surface area contributed by atoms with Crippen LogP contribution in [0, 0.1) is 5.92 Å². The number of rotatable bonds is 9. The number of carbonyl (C=O) groups excluding carboxylic acids is 1. The van der Waals surface area contributed by atoms with E-state index >= 15 is 0 Å². The molecule has 2 heterocycles. The first kappa shape index (κ1) is 21.0. The molecular formula is C25H32N2O3. The van der Waals surface area contributed by atoms with E-state index in [1.54, 1.807) is 18.3 Å². The lowest BCUT2D eigenvalue weighted by Crippen LogP contribution is -2.34. The van der Waals surface area contributed by atoms with Gasteiger partial charge in [-0.2, -0.15) is 0 Å². The molecule has 0 bridgehead atoms. The highest BCUT2D eigenvalue weighted by Gasteiger charge is 2.22. The van der Waals surface area contributed by atoms with E-state index in [0.29, 0.717) is 30.2 Å². The minimum Gasteiger partial charge on any atom is -0.474 e. The number of piperidine rings is 1. The first-order valence-electron chi connectivity index (χ1n) is 11.3. The van der Waals surface area contributed by atoms with Crippen LogP contribution in [0.1, 0.15) is 60.0 Å². The minimum absolute atomic E-state index is 0.0416. The number of carbonyl (C=O) groups is 1. The Hall–Kier alpha value is -2.24. The van der Waals surface area contributed by atoms with Gasteiger partial charge < -0.3 is 15.2 Å². The average Bonchev–Trinajstić information content (AvgIpc) is 3.20. The Morgan fingerprint density at radius 1 is 1.13 bits per heavy atom. The maximum absolute atomic E-state index is 12.6. The lowest BCUT2D eigenvalue weighted by Gasteiger charge is -2.23. The fourth-order valence-electron chi connectivity index (χ4n) is 4.60. The maximum Gasteiger partial charge on any atom is 0.214 e. The summed E-state index contributed by atoms with van der Waals surface area (Å²) in [5.74, 6) is 1.18. The Bertz CT molecular complexity index is 823. The number of Topliss-reactive ketones (excluding diaryl/α,β-unsaturated/α-hetero) is 1. The molecular weight excluding hydrogens is 376 g/mol. The Labute approximate surface area is 178 Å². The molecule has 5 nitrogen and oxygen atoms in total. The zero-order valence-corrected chi connectivity index (χ0v) is 17.6. The summed E-state index contributed by atoms with van der Waals surface area (Å²) in [6.07, 6.45) is 8.12. The van der Waals surface area contributed by atoms with Gasteiger partial charge in [0.05, 0.1) is 6.10 Å². The van der Waals surface area contributed by atoms with Gasteiger partial charge in [0, 0.05) is 24.2 Å². The summed E-state index contributed by atoms with van der Waals surface area (Å²) in [5, 5.41) is 13.7. The second-order valence-corrected chi connectivity index (χ2v) is 8.69. The zero-order valence-electron chi connectivity index (χ0n) is 17.6. The number of nitrogens with one attached hydrogen (secondary N) is 1.